The van der Waals surface area contributed by atoms with Gasteiger partial charge in [0.05, 0.1) is 36.6 Å². The SMILES string of the molecule is COC=C(C(=O)OC)c1ccccc1C=CC=Cc1ncsc1-c1ccccc1. The zero-order valence-corrected chi connectivity index (χ0v) is 17.1. The maximum atomic E-state index is 12.1. The first-order valence-corrected chi connectivity index (χ1v) is 9.87. The van der Waals surface area contributed by atoms with Crippen LogP contribution >= 0.6 is 11.3 Å². The van der Waals surface area contributed by atoms with Gasteiger partial charge in [-0.05, 0) is 22.8 Å². The molecule has 0 saturated heterocycles. The van der Waals surface area contributed by atoms with Crippen molar-refractivity contribution in [3.05, 3.63) is 95.3 Å². The molecule has 0 aliphatic heterocycles. The van der Waals surface area contributed by atoms with Crippen molar-refractivity contribution in [2.75, 3.05) is 14.2 Å². The van der Waals surface area contributed by atoms with Crippen LogP contribution in [0.1, 0.15) is 16.8 Å². The Bertz CT molecular complexity index is 1050. The first-order valence-electron chi connectivity index (χ1n) is 8.99. The Morgan fingerprint density at radius 1 is 0.966 bits per heavy atom. The van der Waals surface area contributed by atoms with Crippen LogP contribution < -0.4 is 0 Å². The lowest BCUT2D eigenvalue weighted by molar-refractivity contribution is -0.133. The molecule has 0 radical (unpaired) electrons. The largest absolute Gasteiger partial charge is 0.503 e. The maximum Gasteiger partial charge on any atom is 0.341 e. The van der Waals surface area contributed by atoms with Crippen molar-refractivity contribution in [3.63, 3.8) is 0 Å². The molecule has 1 aromatic heterocycles. The lowest BCUT2D eigenvalue weighted by Gasteiger charge is -2.08. The number of allylic oxidation sites excluding steroid dienone is 2. The summed E-state index contributed by atoms with van der Waals surface area (Å²) in [6, 6.07) is 17.8. The first kappa shape index (κ1) is 20.3. The summed E-state index contributed by atoms with van der Waals surface area (Å²) in [7, 11) is 2.85. The predicted molar refractivity (Wildman–Crippen MR) is 119 cm³/mol. The van der Waals surface area contributed by atoms with Gasteiger partial charge in [-0.25, -0.2) is 9.78 Å². The van der Waals surface area contributed by atoms with Crippen LogP contribution in [0.3, 0.4) is 0 Å². The number of aromatic nitrogens is 1. The van der Waals surface area contributed by atoms with E-state index >= 15 is 0 Å². The highest BCUT2D eigenvalue weighted by Gasteiger charge is 2.15. The molecule has 2 aromatic carbocycles. The van der Waals surface area contributed by atoms with Crippen molar-refractivity contribution in [1.29, 1.82) is 0 Å². The molecule has 3 rings (SSSR count). The van der Waals surface area contributed by atoms with Crippen LogP contribution in [0, 0.1) is 0 Å². The van der Waals surface area contributed by atoms with Crippen molar-refractivity contribution in [2.24, 2.45) is 0 Å². The number of nitrogens with zero attached hydrogens (tertiary/aromatic N) is 1. The second-order valence-corrected chi connectivity index (χ2v) is 6.85. The van der Waals surface area contributed by atoms with Gasteiger partial charge in [-0.1, -0.05) is 72.8 Å². The van der Waals surface area contributed by atoms with Crippen molar-refractivity contribution in [2.45, 2.75) is 0 Å². The highest BCUT2D eigenvalue weighted by atomic mass is 32.1. The summed E-state index contributed by atoms with van der Waals surface area (Å²) in [5.74, 6) is -0.446. The van der Waals surface area contributed by atoms with E-state index in [9.17, 15) is 4.79 Å². The molecule has 0 saturated carbocycles. The fourth-order valence-corrected chi connectivity index (χ4v) is 3.61. The molecule has 0 aliphatic carbocycles. The summed E-state index contributed by atoms with van der Waals surface area (Å²) in [6.45, 7) is 0. The van der Waals surface area contributed by atoms with Gasteiger partial charge in [0.15, 0.2) is 0 Å². The third-order valence-electron chi connectivity index (χ3n) is 4.16. The second kappa shape index (κ2) is 10.2. The van der Waals surface area contributed by atoms with E-state index in [0.29, 0.717) is 5.57 Å². The quantitative estimate of drug-likeness (QED) is 0.220. The number of carbonyl (C=O) groups is 1. The Hall–Kier alpha value is -3.44. The summed E-state index contributed by atoms with van der Waals surface area (Å²) >= 11 is 1.62. The van der Waals surface area contributed by atoms with Crippen LogP contribution in [0.15, 0.2) is 78.5 Å². The van der Waals surface area contributed by atoms with Gasteiger partial charge in [0.1, 0.15) is 5.57 Å². The van der Waals surface area contributed by atoms with E-state index in [-0.39, 0.29) is 0 Å². The van der Waals surface area contributed by atoms with E-state index < -0.39 is 5.97 Å². The maximum absolute atomic E-state index is 12.1. The molecule has 0 unspecified atom stereocenters. The predicted octanol–water partition coefficient (Wildman–Crippen LogP) is 5.70. The van der Waals surface area contributed by atoms with Gasteiger partial charge in [0, 0.05) is 0 Å². The Morgan fingerprint density at radius 2 is 1.69 bits per heavy atom. The van der Waals surface area contributed by atoms with Gasteiger partial charge in [0.25, 0.3) is 0 Å². The van der Waals surface area contributed by atoms with Crippen molar-refractivity contribution >= 4 is 35.0 Å². The van der Waals surface area contributed by atoms with E-state index in [1.54, 1.807) is 11.3 Å². The molecule has 0 N–H and O–H groups in total. The van der Waals surface area contributed by atoms with E-state index in [1.807, 2.05) is 72.3 Å². The number of ether oxygens (including phenoxy) is 2. The van der Waals surface area contributed by atoms with Crippen LogP contribution in [-0.4, -0.2) is 25.2 Å². The molecule has 0 spiro atoms. The molecule has 0 fully saturated rings. The molecule has 5 heteroatoms. The number of hydrogen-bond donors (Lipinski definition) is 0. The van der Waals surface area contributed by atoms with Gasteiger partial charge >= 0.3 is 5.97 Å². The van der Waals surface area contributed by atoms with Crippen LogP contribution in [0.4, 0.5) is 0 Å². The molecular formula is C24H21NO3S. The zero-order chi connectivity index (χ0) is 20.5. The van der Waals surface area contributed by atoms with Crippen LogP contribution in [-0.2, 0) is 14.3 Å². The fraction of sp³-hybridized carbons (Fsp3) is 0.0833. The van der Waals surface area contributed by atoms with Crippen LogP contribution in [0.2, 0.25) is 0 Å². The van der Waals surface area contributed by atoms with E-state index in [1.165, 1.54) is 20.5 Å². The number of benzene rings is 2. The van der Waals surface area contributed by atoms with E-state index in [0.717, 1.165) is 27.3 Å². The second-order valence-electron chi connectivity index (χ2n) is 6.00. The van der Waals surface area contributed by atoms with Gasteiger partial charge in [0.2, 0.25) is 0 Å². The van der Waals surface area contributed by atoms with Crippen molar-refractivity contribution in [1.82, 2.24) is 4.98 Å². The highest BCUT2D eigenvalue weighted by molar-refractivity contribution is 7.13. The molecule has 0 bridgehead atoms. The molecule has 1 heterocycles. The minimum atomic E-state index is -0.446. The normalized spacial score (nSPS) is 11.9. The van der Waals surface area contributed by atoms with Crippen molar-refractivity contribution < 1.29 is 14.3 Å². The number of esters is 1. The van der Waals surface area contributed by atoms with Gasteiger partial charge < -0.3 is 9.47 Å². The molecule has 0 amide bonds. The first-order chi connectivity index (χ1) is 14.2. The number of methoxy groups -OCH3 is 2. The topological polar surface area (TPSA) is 48.4 Å². The fourth-order valence-electron chi connectivity index (χ4n) is 2.82. The summed E-state index contributed by atoms with van der Waals surface area (Å²) < 4.78 is 9.93. The third kappa shape index (κ3) is 5.09. The minimum absolute atomic E-state index is 0.366. The van der Waals surface area contributed by atoms with Crippen molar-refractivity contribution in [3.8, 4) is 10.4 Å². The summed E-state index contributed by atoms with van der Waals surface area (Å²) in [5, 5.41) is 0. The van der Waals surface area contributed by atoms with Gasteiger partial charge in [-0.3, -0.25) is 0 Å². The number of thiazole rings is 1. The minimum Gasteiger partial charge on any atom is -0.503 e. The van der Waals surface area contributed by atoms with Crippen LogP contribution in [0.25, 0.3) is 28.2 Å². The molecule has 0 atom stereocenters. The lowest BCUT2D eigenvalue weighted by Crippen LogP contribution is -2.05. The molecule has 4 nitrogen and oxygen atoms in total. The standard InChI is InChI=1S/C24H21NO3S/c1-27-16-21(24(26)28-2)20-14-8-6-10-18(20)11-7-9-15-22-23(29-17-25-22)19-12-4-3-5-13-19/h3-17H,1-2H3. The molecular weight excluding hydrogens is 382 g/mol. The van der Waals surface area contributed by atoms with E-state index in [2.05, 4.69) is 17.1 Å². The smallest absolute Gasteiger partial charge is 0.341 e. The Kier molecular flexibility index (Phi) is 7.14. The average Bonchev–Trinajstić information content (AvgIpc) is 3.24. The molecule has 3 aromatic rings. The Morgan fingerprint density at radius 3 is 2.45 bits per heavy atom. The Labute approximate surface area is 174 Å². The third-order valence-corrected chi connectivity index (χ3v) is 5.06. The summed E-state index contributed by atoms with van der Waals surface area (Å²) in [4.78, 5) is 17.7. The van der Waals surface area contributed by atoms with Gasteiger partial charge in [-0.15, -0.1) is 11.3 Å². The monoisotopic (exact) mass is 403 g/mol. The summed E-state index contributed by atoms with van der Waals surface area (Å²) in [5.41, 5.74) is 5.91. The zero-order valence-electron chi connectivity index (χ0n) is 16.2. The number of hydrogen-bond acceptors (Lipinski definition) is 5. The molecule has 0 aliphatic rings. The lowest BCUT2D eigenvalue weighted by atomic mass is 10.00. The molecule has 146 valence electrons. The van der Waals surface area contributed by atoms with E-state index in [4.69, 9.17) is 9.47 Å². The Balaban J connectivity index is 1.83. The molecule has 29 heavy (non-hydrogen) atoms. The highest BCUT2D eigenvalue weighted by Crippen LogP contribution is 2.28. The van der Waals surface area contributed by atoms with Crippen LogP contribution in [0.5, 0.6) is 0 Å². The number of rotatable bonds is 7. The average molecular weight is 404 g/mol. The number of carbonyl (C=O) groups excluding carboxylic acids is 1. The summed E-state index contributed by atoms with van der Waals surface area (Å²) in [6.07, 6.45) is 9.18. The van der Waals surface area contributed by atoms with Gasteiger partial charge in [-0.2, -0.15) is 0 Å².